The first-order valence-electron chi connectivity index (χ1n) is 5.96. The minimum atomic E-state index is -0.422. The van der Waals surface area contributed by atoms with Gasteiger partial charge in [0.25, 0.3) is 0 Å². The van der Waals surface area contributed by atoms with Gasteiger partial charge in [-0.05, 0) is 24.3 Å². The van der Waals surface area contributed by atoms with Crippen LogP contribution in [0, 0.1) is 5.82 Å². The van der Waals surface area contributed by atoms with Gasteiger partial charge < -0.3 is 9.73 Å². The highest BCUT2D eigenvalue weighted by Gasteiger charge is 2.07. The molecule has 6 nitrogen and oxygen atoms in total. The van der Waals surface area contributed by atoms with Crippen LogP contribution in [0.3, 0.4) is 0 Å². The number of carbonyl (C=O) groups excluding carboxylic acids is 1. The molecule has 0 atom stereocenters. The minimum absolute atomic E-state index is 0.311. The summed E-state index contributed by atoms with van der Waals surface area (Å²) < 4.78 is 18.1. The van der Waals surface area contributed by atoms with Gasteiger partial charge in [-0.3, -0.25) is 4.84 Å². The van der Waals surface area contributed by atoms with Crippen molar-refractivity contribution in [3.05, 3.63) is 42.0 Å². The minimum Gasteiger partial charge on any atom is -0.444 e. The molecule has 1 aromatic heterocycles. The first-order valence-corrected chi connectivity index (χ1v) is 5.96. The molecule has 2 amide bonds. The average molecular weight is 279 g/mol. The number of aromatic nitrogens is 1. The quantitative estimate of drug-likeness (QED) is 0.819. The molecule has 106 valence electrons. The zero-order valence-corrected chi connectivity index (χ0v) is 10.9. The van der Waals surface area contributed by atoms with E-state index in [1.54, 1.807) is 12.1 Å². The third kappa shape index (κ3) is 3.79. The van der Waals surface area contributed by atoms with Crippen LogP contribution in [0.25, 0.3) is 11.5 Å². The molecule has 1 heterocycles. The molecule has 0 fully saturated rings. The molecular formula is C13H14FN3O3. The number of benzene rings is 1. The zero-order chi connectivity index (χ0) is 14.4. The molecule has 0 radical (unpaired) electrons. The number of carbonyl (C=O) groups is 1. The second-order valence-electron chi connectivity index (χ2n) is 3.96. The molecule has 1 aromatic carbocycles. The van der Waals surface area contributed by atoms with E-state index in [2.05, 4.69) is 20.6 Å². The summed E-state index contributed by atoms with van der Waals surface area (Å²) in [6.45, 7) is 0.393. The van der Waals surface area contributed by atoms with Crippen molar-refractivity contribution in [2.24, 2.45) is 0 Å². The van der Waals surface area contributed by atoms with E-state index in [9.17, 15) is 9.18 Å². The maximum absolute atomic E-state index is 12.8. The molecule has 2 aromatic rings. The molecule has 0 bridgehead atoms. The molecule has 0 saturated carbocycles. The summed E-state index contributed by atoms with van der Waals surface area (Å²) >= 11 is 0. The number of rotatable bonds is 5. The lowest BCUT2D eigenvalue weighted by atomic mass is 10.2. The lowest BCUT2D eigenvalue weighted by Crippen LogP contribution is -2.35. The Morgan fingerprint density at radius 3 is 2.85 bits per heavy atom. The average Bonchev–Trinajstić information content (AvgIpc) is 2.89. The summed E-state index contributed by atoms with van der Waals surface area (Å²) in [5, 5.41) is 2.58. The summed E-state index contributed by atoms with van der Waals surface area (Å²) in [5.74, 6) is 0.107. The monoisotopic (exact) mass is 279 g/mol. The maximum Gasteiger partial charge on any atom is 0.338 e. The van der Waals surface area contributed by atoms with E-state index < -0.39 is 6.03 Å². The fourth-order valence-corrected chi connectivity index (χ4v) is 1.58. The number of halogens is 1. The normalized spacial score (nSPS) is 10.3. The van der Waals surface area contributed by atoms with E-state index in [1.807, 2.05) is 0 Å². The summed E-state index contributed by atoms with van der Waals surface area (Å²) in [7, 11) is 1.35. The Hall–Kier alpha value is -2.41. The van der Waals surface area contributed by atoms with Crippen LogP contribution in [-0.2, 0) is 11.3 Å². The first kappa shape index (κ1) is 14.0. The molecule has 0 aliphatic rings. The Morgan fingerprint density at radius 2 is 2.15 bits per heavy atom. The number of hydrogen-bond donors (Lipinski definition) is 2. The summed E-state index contributed by atoms with van der Waals surface area (Å²) in [4.78, 5) is 19.8. The molecule has 0 saturated heterocycles. The maximum atomic E-state index is 12.8. The van der Waals surface area contributed by atoms with E-state index in [-0.39, 0.29) is 5.82 Å². The molecule has 2 N–H and O–H groups in total. The van der Waals surface area contributed by atoms with Gasteiger partial charge in [-0.15, -0.1) is 0 Å². The standard InChI is InChI=1S/C13H14FN3O3/c1-19-17-13(18)15-7-6-11-8-20-12(16-11)9-2-4-10(14)5-3-9/h2-5,8H,6-7H2,1H3,(H2,15,17,18). The largest absolute Gasteiger partial charge is 0.444 e. The second-order valence-corrected chi connectivity index (χ2v) is 3.96. The number of amides is 2. The van der Waals surface area contributed by atoms with Crippen LogP contribution in [0.4, 0.5) is 9.18 Å². The van der Waals surface area contributed by atoms with Crippen LogP contribution < -0.4 is 10.8 Å². The van der Waals surface area contributed by atoms with Gasteiger partial charge in [-0.25, -0.2) is 19.6 Å². The van der Waals surface area contributed by atoms with Gasteiger partial charge in [0, 0.05) is 18.5 Å². The number of nitrogens with one attached hydrogen (secondary N) is 2. The molecule has 0 aliphatic heterocycles. The van der Waals surface area contributed by atoms with Crippen LogP contribution in [-0.4, -0.2) is 24.7 Å². The lowest BCUT2D eigenvalue weighted by molar-refractivity contribution is 0.107. The first-order chi connectivity index (χ1) is 9.69. The predicted molar refractivity (Wildman–Crippen MR) is 69.1 cm³/mol. The Labute approximate surface area is 114 Å². The molecular weight excluding hydrogens is 265 g/mol. The highest BCUT2D eigenvalue weighted by atomic mass is 19.1. The Balaban J connectivity index is 1.89. The number of nitrogens with zero attached hydrogens (tertiary/aromatic N) is 1. The van der Waals surface area contributed by atoms with Crippen molar-refractivity contribution in [1.82, 2.24) is 15.8 Å². The van der Waals surface area contributed by atoms with E-state index >= 15 is 0 Å². The van der Waals surface area contributed by atoms with Crippen molar-refractivity contribution in [3.63, 3.8) is 0 Å². The summed E-state index contributed by atoms with van der Waals surface area (Å²) in [6.07, 6.45) is 2.02. The molecule has 0 aliphatic carbocycles. The van der Waals surface area contributed by atoms with Gasteiger partial charge in [0.15, 0.2) is 0 Å². The van der Waals surface area contributed by atoms with E-state index in [4.69, 9.17) is 4.42 Å². The number of hydrogen-bond acceptors (Lipinski definition) is 4. The van der Waals surface area contributed by atoms with Gasteiger partial charge in [0.1, 0.15) is 12.1 Å². The zero-order valence-electron chi connectivity index (χ0n) is 10.9. The molecule has 2 rings (SSSR count). The molecule has 20 heavy (non-hydrogen) atoms. The SMILES string of the molecule is CONC(=O)NCCc1coc(-c2ccc(F)cc2)n1. The number of oxazole rings is 1. The number of hydroxylamine groups is 1. The van der Waals surface area contributed by atoms with Crippen LogP contribution in [0.15, 0.2) is 34.9 Å². The third-order valence-corrected chi connectivity index (χ3v) is 2.50. The van der Waals surface area contributed by atoms with E-state index in [1.165, 1.54) is 25.5 Å². The predicted octanol–water partition coefficient (Wildman–Crippen LogP) is 1.88. The van der Waals surface area contributed by atoms with Crippen molar-refractivity contribution in [2.45, 2.75) is 6.42 Å². The van der Waals surface area contributed by atoms with Crippen LogP contribution in [0.5, 0.6) is 0 Å². The van der Waals surface area contributed by atoms with Gasteiger partial charge in [0.05, 0.1) is 12.8 Å². The van der Waals surface area contributed by atoms with Gasteiger partial charge in [-0.1, -0.05) is 0 Å². The van der Waals surface area contributed by atoms with Gasteiger partial charge >= 0.3 is 6.03 Å². The van der Waals surface area contributed by atoms with Crippen LogP contribution in [0.2, 0.25) is 0 Å². The third-order valence-electron chi connectivity index (χ3n) is 2.50. The van der Waals surface area contributed by atoms with Crippen molar-refractivity contribution in [1.29, 1.82) is 0 Å². The van der Waals surface area contributed by atoms with E-state index in [0.29, 0.717) is 30.1 Å². The highest BCUT2D eigenvalue weighted by molar-refractivity contribution is 5.72. The van der Waals surface area contributed by atoms with Gasteiger partial charge in [0.2, 0.25) is 5.89 Å². The molecule has 7 heteroatoms. The van der Waals surface area contributed by atoms with Crippen molar-refractivity contribution >= 4 is 6.03 Å². The van der Waals surface area contributed by atoms with E-state index in [0.717, 1.165) is 0 Å². The summed E-state index contributed by atoms with van der Waals surface area (Å²) in [6, 6.07) is 5.45. The highest BCUT2D eigenvalue weighted by Crippen LogP contribution is 2.18. The van der Waals surface area contributed by atoms with Crippen LogP contribution in [0.1, 0.15) is 5.69 Å². The van der Waals surface area contributed by atoms with Crippen molar-refractivity contribution in [2.75, 3.05) is 13.7 Å². The van der Waals surface area contributed by atoms with Crippen molar-refractivity contribution in [3.8, 4) is 11.5 Å². The van der Waals surface area contributed by atoms with Crippen molar-refractivity contribution < 1.29 is 18.4 Å². The summed E-state index contributed by atoms with van der Waals surface area (Å²) in [5.41, 5.74) is 3.53. The Bertz CT molecular complexity index is 568. The second kappa shape index (κ2) is 6.67. The van der Waals surface area contributed by atoms with Crippen LogP contribution >= 0.6 is 0 Å². The fraction of sp³-hybridized carbons (Fsp3) is 0.231. The smallest absolute Gasteiger partial charge is 0.338 e. The fourth-order valence-electron chi connectivity index (χ4n) is 1.58. The Morgan fingerprint density at radius 1 is 1.40 bits per heavy atom. The molecule has 0 spiro atoms. The Kier molecular flexibility index (Phi) is 4.67. The molecule has 0 unspecified atom stereocenters. The van der Waals surface area contributed by atoms with Gasteiger partial charge in [-0.2, -0.15) is 0 Å². The topological polar surface area (TPSA) is 76.4 Å². The lowest BCUT2D eigenvalue weighted by Gasteiger charge is -2.03. The number of urea groups is 1.